The van der Waals surface area contributed by atoms with Crippen molar-refractivity contribution in [1.29, 1.82) is 0 Å². The highest BCUT2D eigenvalue weighted by molar-refractivity contribution is 5.85. The van der Waals surface area contributed by atoms with E-state index >= 15 is 0 Å². The molecule has 3 aromatic rings. The van der Waals surface area contributed by atoms with E-state index in [1.807, 2.05) is 53.2 Å². The fraction of sp³-hybridized carbons (Fsp3) is 0.375. The third-order valence-electron chi connectivity index (χ3n) is 5.71. The van der Waals surface area contributed by atoms with Gasteiger partial charge in [-0.15, -0.1) is 12.4 Å². The lowest BCUT2D eigenvalue weighted by Gasteiger charge is -2.39. The maximum Gasteiger partial charge on any atom is 0.119 e. The van der Waals surface area contributed by atoms with Gasteiger partial charge in [0.1, 0.15) is 18.5 Å². The van der Waals surface area contributed by atoms with Crippen LogP contribution in [0.25, 0.3) is 5.69 Å². The van der Waals surface area contributed by atoms with Gasteiger partial charge in [0.25, 0.3) is 0 Å². The Labute approximate surface area is 189 Å². The average molecular weight is 444 g/mol. The van der Waals surface area contributed by atoms with Crippen LogP contribution in [-0.4, -0.2) is 62.6 Å². The summed E-state index contributed by atoms with van der Waals surface area (Å²) in [5.41, 5.74) is 1.52. The number of hydrogen-bond donors (Lipinski definition) is 2. The van der Waals surface area contributed by atoms with Crippen LogP contribution in [0.4, 0.5) is 0 Å². The van der Waals surface area contributed by atoms with Gasteiger partial charge in [0.05, 0.1) is 11.9 Å². The van der Waals surface area contributed by atoms with Crippen molar-refractivity contribution in [2.24, 2.45) is 0 Å². The summed E-state index contributed by atoms with van der Waals surface area (Å²) < 4.78 is 7.68. The molecule has 1 fully saturated rings. The SMILES string of the molecule is Cl.OC(COc1ccc(-n2ccnc2)cc1)CN1CCC(O)(Cc2ccccc2)CC1. The number of β-amino-alcohol motifs (C(OH)–C–C–N with tert-alkyl or cyclic N) is 1. The highest BCUT2D eigenvalue weighted by Crippen LogP contribution is 2.26. The van der Waals surface area contributed by atoms with Gasteiger partial charge in [-0.1, -0.05) is 30.3 Å². The van der Waals surface area contributed by atoms with Crippen LogP contribution in [0.1, 0.15) is 18.4 Å². The molecule has 4 rings (SSSR count). The molecule has 7 heteroatoms. The molecule has 1 aliphatic rings. The summed E-state index contributed by atoms with van der Waals surface area (Å²) in [5.74, 6) is 0.730. The largest absolute Gasteiger partial charge is 0.491 e. The Morgan fingerprint density at radius 1 is 1.03 bits per heavy atom. The smallest absolute Gasteiger partial charge is 0.119 e. The van der Waals surface area contributed by atoms with E-state index in [9.17, 15) is 10.2 Å². The second-order valence-corrected chi connectivity index (χ2v) is 8.12. The molecule has 1 saturated heterocycles. The molecule has 31 heavy (non-hydrogen) atoms. The number of hydrogen-bond acceptors (Lipinski definition) is 5. The quantitative estimate of drug-likeness (QED) is 0.559. The van der Waals surface area contributed by atoms with Crippen molar-refractivity contribution in [2.45, 2.75) is 31.0 Å². The molecule has 1 atom stereocenters. The Hall–Kier alpha value is -2.38. The number of benzene rings is 2. The van der Waals surface area contributed by atoms with E-state index in [0.717, 1.165) is 24.5 Å². The Morgan fingerprint density at radius 2 is 1.74 bits per heavy atom. The average Bonchev–Trinajstić information content (AvgIpc) is 3.30. The lowest BCUT2D eigenvalue weighted by atomic mass is 9.85. The number of ether oxygens (including phenoxy) is 1. The summed E-state index contributed by atoms with van der Waals surface area (Å²) in [4.78, 5) is 6.25. The number of rotatable bonds is 8. The number of nitrogens with zero attached hydrogens (tertiary/aromatic N) is 3. The Bertz CT molecular complexity index is 896. The molecule has 2 aromatic carbocycles. The summed E-state index contributed by atoms with van der Waals surface area (Å²) in [6, 6.07) is 17.8. The maximum atomic E-state index is 10.9. The summed E-state index contributed by atoms with van der Waals surface area (Å²) in [6.45, 7) is 2.35. The standard InChI is InChI=1S/C24H29N3O3.ClH/c28-22(18-30-23-8-6-21(7-9-23)27-15-12-25-19-27)17-26-13-10-24(29,11-14-26)16-20-4-2-1-3-5-20;/h1-9,12,15,19,22,28-29H,10-11,13-14,16-18H2;1H. The molecule has 2 heterocycles. The van der Waals surface area contributed by atoms with Crippen LogP contribution in [0.2, 0.25) is 0 Å². The minimum atomic E-state index is -0.656. The van der Waals surface area contributed by atoms with Gasteiger partial charge < -0.3 is 24.4 Å². The van der Waals surface area contributed by atoms with Crippen molar-refractivity contribution < 1.29 is 14.9 Å². The molecule has 2 N–H and O–H groups in total. The van der Waals surface area contributed by atoms with Crippen LogP contribution >= 0.6 is 12.4 Å². The zero-order chi connectivity index (χ0) is 20.8. The van der Waals surface area contributed by atoms with Crippen LogP contribution in [0.15, 0.2) is 73.3 Å². The molecule has 0 bridgehead atoms. The third-order valence-corrected chi connectivity index (χ3v) is 5.71. The van der Waals surface area contributed by atoms with Gasteiger partial charge >= 0.3 is 0 Å². The van der Waals surface area contributed by atoms with Crippen LogP contribution in [-0.2, 0) is 6.42 Å². The van der Waals surface area contributed by atoms with Gasteiger partial charge in [0, 0.05) is 44.1 Å². The first-order chi connectivity index (χ1) is 14.6. The lowest BCUT2D eigenvalue weighted by Crippen LogP contribution is -2.48. The molecule has 0 saturated carbocycles. The van der Waals surface area contributed by atoms with Crippen molar-refractivity contribution in [1.82, 2.24) is 14.5 Å². The second kappa shape index (κ2) is 10.8. The van der Waals surface area contributed by atoms with E-state index in [-0.39, 0.29) is 19.0 Å². The van der Waals surface area contributed by atoms with Gasteiger partial charge in [-0.3, -0.25) is 0 Å². The van der Waals surface area contributed by atoms with Crippen LogP contribution in [0, 0.1) is 0 Å². The normalized spacial score (nSPS) is 17.0. The van der Waals surface area contributed by atoms with Crippen molar-refractivity contribution in [3.05, 3.63) is 78.9 Å². The summed E-state index contributed by atoms with van der Waals surface area (Å²) in [5, 5.41) is 21.3. The molecule has 6 nitrogen and oxygen atoms in total. The second-order valence-electron chi connectivity index (χ2n) is 8.12. The fourth-order valence-electron chi connectivity index (χ4n) is 3.97. The van der Waals surface area contributed by atoms with Gasteiger partial charge in [-0.25, -0.2) is 4.98 Å². The minimum absolute atomic E-state index is 0. The number of aromatic nitrogens is 2. The Kier molecular flexibility index (Phi) is 8.09. The van der Waals surface area contributed by atoms with Crippen molar-refractivity contribution in [2.75, 3.05) is 26.2 Å². The predicted octanol–water partition coefficient (Wildman–Crippen LogP) is 3.10. The molecule has 166 valence electrons. The molecular weight excluding hydrogens is 414 g/mol. The highest BCUT2D eigenvalue weighted by atomic mass is 35.5. The summed E-state index contributed by atoms with van der Waals surface area (Å²) >= 11 is 0. The van der Waals surface area contributed by atoms with E-state index < -0.39 is 11.7 Å². The summed E-state index contributed by atoms with van der Waals surface area (Å²) in [7, 11) is 0. The molecule has 0 spiro atoms. The van der Waals surface area contributed by atoms with Crippen LogP contribution in [0.5, 0.6) is 5.75 Å². The molecule has 0 amide bonds. The predicted molar refractivity (Wildman–Crippen MR) is 123 cm³/mol. The Balaban J connectivity index is 0.00000272. The van der Waals surface area contributed by atoms with E-state index in [1.165, 1.54) is 5.56 Å². The number of piperidine rings is 1. The first kappa shape index (κ1) is 23.3. The molecule has 0 aliphatic carbocycles. The first-order valence-electron chi connectivity index (χ1n) is 10.5. The van der Waals surface area contributed by atoms with Gasteiger partial charge in [-0.2, -0.15) is 0 Å². The van der Waals surface area contributed by atoms with Crippen LogP contribution in [0.3, 0.4) is 0 Å². The van der Waals surface area contributed by atoms with Gasteiger partial charge in [0.2, 0.25) is 0 Å². The fourth-order valence-corrected chi connectivity index (χ4v) is 3.97. The van der Waals surface area contributed by atoms with E-state index in [2.05, 4.69) is 22.0 Å². The Morgan fingerprint density at radius 3 is 2.39 bits per heavy atom. The first-order valence-corrected chi connectivity index (χ1v) is 10.5. The van der Waals surface area contributed by atoms with E-state index in [4.69, 9.17) is 4.74 Å². The van der Waals surface area contributed by atoms with Crippen molar-refractivity contribution in [3.8, 4) is 11.4 Å². The van der Waals surface area contributed by atoms with Crippen molar-refractivity contribution in [3.63, 3.8) is 0 Å². The number of imidazole rings is 1. The lowest BCUT2D eigenvalue weighted by molar-refractivity contribution is -0.0325. The molecule has 0 radical (unpaired) electrons. The molecule has 1 unspecified atom stereocenters. The number of likely N-dealkylation sites (tertiary alicyclic amines) is 1. The maximum absolute atomic E-state index is 10.9. The highest BCUT2D eigenvalue weighted by Gasteiger charge is 2.32. The van der Waals surface area contributed by atoms with Gasteiger partial charge in [-0.05, 0) is 42.7 Å². The molecule has 1 aromatic heterocycles. The zero-order valence-electron chi connectivity index (χ0n) is 17.5. The summed E-state index contributed by atoms with van der Waals surface area (Å²) in [6.07, 6.45) is 6.92. The minimum Gasteiger partial charge on any atom is -0.491 e. The van der Waals surface area contributed by atoms with Crippen LogP contribution < -0.4 is 4.74 Å². The van der Waals surface area contributed by atoms with E-state index in [0.29, 0.717) is 25.8 Å². The van der Waals surface area contributed by atoms with Gasteiger partial charge in [0.15, 0.2) is 0 Å². The van der Waals surface area contributed by atoms with Crippen molar-refractivity contribution >= 4 is 12.4 Å². The molecule has 1 aliphatic heterocycles. The number of halogens is 1. The third kappa shape index (κ3) is 6.55. The molecular formula is C24H30ClN3O3. The van der Waals surface area contributed by atoms with E-state index in [1.54, 1.807) is 12.5 Å². The number of aliphatic hydroxyl groups excluding tert-OH is 1. The zero-order valence-corrected chi connectivity index (χ0v) is 18.3. The monoisotopic (exact) mass is 443 g/mol. The number of aliphatic hydroxyl groups is 2. The topological polar surface area (TPSA) is 70.8 Å².